The first-order valence-electron chi connectivity index (χ1n) is 7.96. The quantitative estimate of drug-likeness (QED) is 0.388. The van der Waals surface area contributed by atoms with E-state index in [9.17, 15) is 10.1 Å². The second kappa shape index (κ2) is 9.32. The molecule has 0 heterocycles. The predicted octanol–water partition coefficient (Wildman–Crippen LogP) is 4.18. The molecule has 0 aromatic heterocycles. The van der Waals surface area contributed by atoms with Crippen LogP contribution in [0.2, 0.25) is 0 Å². The van der Waals surface area contributed by atoms with Gasteiger partial charge in [0.25, 0.3) is 5.69 Å². The van der Waals surface area contributed by atoms with E-state index in [0.29, 0.717) is 24.7 Å². The molecule has 2 rings (SSSR count). The van der Waals surface area contributed by atoms with Crippen LogP contribution in [0, 0.1) is 10.1 Å². The van der Waals surface area contributed by atoms with E-state index in [1.807, 2.05) is 37.3 Å². The second-order valence-electron chi connectivity index (χ2n) is 5.16. The number of nitro groups is 1. The first-order valence-corrected chi connectivity index (χ1v) is 7.96. The number of nitro benzene ring substituents is 1. The molecule has 25 heavy (non-hydrogen) atoms. The molecule has 132 valence electrons. The fourth-order valence-corrected chi connectivity index (χ4v) is 2.24. The van der Waals surface area contributed by atoms with Gasteiger partial charge in [0, 0.05) is 6.07 Å². The number of rotatable bonds is 9. The fourth-order valence-electron chi connectivity index (χ4n) is 2.24. The SMILES string of the molecule is CCOc1cc(CC=CCOc2cccc([N+](=O)[O-])c2)ccc1OC. The summed E-state index contributed by atoms with van der Waals surface area (Å²) in [6, 6.07) is 11.9. The third kappa shape index (κ3) is 5.53. The van der Waals surface area contributed by atoms with Crippen LogP contribution in [0.5, 0.6) is 17.2 Å². The number of hydrogen-bond acceptors (Lipinski definition) is 5. The highest BCUT2D eigenvalue weighted by Crippen LogP contribution is 2.28. The Morgan fingerprint density at radius 2 is 1.92 bits per heavy atom. The van der Waals surface area contributed by atoms with Gasteiger partial charge in [-0.2, -0.15) is 0 Å². The topological polar surface area (TPSA) is 70.8 Å². The monoisotopic (exact) mass is 343 g/mol. The minimum absolute atomic E-state index is 0.0168. The van der Waals surface area contributed by atoms with E-state index < -0.39 is 4.92 Å². The maximum Gasteiger partial charge on any atom is 0.273 e. The van der Waals surface area contributed by atoms with Crippen LogP contribution in [0.4, 0.5) is 5.69 Å². The van der Waals surface area contributed by atoms with Gasteiger partial charge in [-0.25, -0.2) is 0 Å². The molecule has 0 N–H and O–H groups in total. The smallest absolute Gasteiger partial charge is 0.273 e. The Kier molecular flexibility index (Phi) is 6.83. The van der Waals surface area contributed by atoms with E-state index in [4.69, 9.17) is 14.2 Å². The summed E-state index contributed by atoms with van der Waals surface area (Å²) >= 11 is 0. The molecule has 0 unspecified atom stereocenters. The van der Waals surface area contributed by atoms with Gasteiger partial charge >= 0.3 is 0 Å². The zero-order chi connectivity index (χ0) is 18.1. The Bertz CT molecular complexity index is 742. The summed E-state index contributed by atoms with van der Waals surface area (Å²) in [6.07, 6.45) is 4.58. The van der Waals surface area contributed by atoms with Gasteiger partial charge < -0.3 is 14.2 Å². The van der Waals surface area contributed by atoms with Crippen LogP contribution in [0.25, 0.3) is 0 Å². The van der Waals surface area contributed by atoms with Crippen molar-refractivity contribution in [3.63, 3.8) is 0 Å². The maximum atomic E-state index is 10.7. The van der Waals surface area contributed by atoms with Crippen LogP contribution in [-0.2, 0) is 6.42 Å². The third-order valence-corrected chi connectivity index (χ3v) is 3.42. The van der Waals surface area contributed by atoms with Crippen molar-refractivity contribution in [3.05, 3.63) is 70.3 Å². The van der Waals surface area contributed by atoms with Crippen molar-refractivity contribution in [2.75, 3.05) is 20.3 Å². The lowest BCUT2D eigenvalue weighted by Crippen LogP contribution is -1.97. The molecule has 2 aromatic rings. The lowest BCUT2D eigenvalue weighted by atomic mass is 10.1. The number of hydrogen-bond donors (Lipinski definition) is 0. The molecule has 0 atom stereocenters. The van der Waals surface area contributed by atoms with Crippen molar-refractivity contribution in [2.24, 2.45) is 0 Å². The highest BCUT2D eigenvalue weighted by Gasteiger charge is 2.06. The van der Waals surface area contributed by atoms with Crippen LogP contribution in [-0.4, -0.2) is 25.2 Å². The van der Waals surface area contributed by atoms with Gasteiger partial charge in [-0.15, -0.1) is 0 Å². The molecular weight excluding hydrogens is 322 g/mol. The molecule has 0 aliphatic heterocycles. The molecular formula is C19H21NO5. The normalized spacial score (nSPS) is 10.6. The number of benzene rings is 2. The van der Waals surface area contributed by atoms with Crippen LogP contribution in [0.15, 0.2) is 54.6 Å². The van der Waals surface area contributed by atoms with Crippen molar-refractivity contribution >= 4 is 5.69 Å². The largest absolute Gasteiger partial charge is 0.493 e. The van der Waals surface area contributed by atoms with E-state index in [0.717, 1.165) is 17.7 Å². The summed E-state index contributed by atoms with van der Waals surface area (Å²) in [4.78, 5) is 10.3. The number of allylic oxidation sites excluding steroid dienone is 1. The van der Waals surface area contributed by atoms with E-state index in [1.165, 1.54) is 12.1 Å². The average molecular weight is 343 g/mol. The second-order valence-corrected chi connectivity index (χ2v) is 5.16. The van der Waals surface area contributed by atoms with Gasteiger partial charge in [0.15, 0.2) is 11.5 Å². The molecule has 0 bridgehead atoms. The van der Waals surface area contributed by atoms with E-state index in [1.54, 1.807) is 19.2 Å². The number of methoxy groups -OCH3 is 1. The van der Waals surface area contributed by atoms with Crippen molar-refractivity contribution < 1.29 is 19.1 Å². The minimum Gasteiger partial charge on any atom is -0.493 e. The lowest BCUT2D eigenvalue weighted by molar-refractivity contribution is -0.384. The van der Waals surface area contributed by atoms with Crippen LogP contribution in [0.3, 0.4) is 0 Å². The van der Waals surface area contributed by atoms with Gasteiger partial charge in [-0.3, -0.25) is 10.1 Å². The van der Waals surface area contributed by atoms with Crippen molar-refractivity contribution in [1.29, 1.82) is 0 Å². The van der Waals surface area contributed by atoms with Crippen molar-refractivity contribution in [3.8, 4) is 17.2 Å². The third-order valence-electron chi connectivity index (χ3n) is 3.42. The first-order chi connectivity index (χ1) is 12.1. The summed E-state index contributed by atoms with van der Waals surface area (Å²) in [5.41, 5.74) is 1.11. The Hall–Kier alpha value is -3.02. The van der Waals surface area contributed by atoms with Crippen molar-refractivity contribution in [2.45, 2.75) is 13.3 Å². The number of nitrogens with zero attached hydrogens (tertiary/aromatic N) is 1. The molecule has 0 spiro atoms. The lowest BCUT2D eigenvalue weighted by Gasteiger charge is -2.10. The fraction of sp³-hybridized carbons (Fsp3) is 0.263. The van der Waals surface area contributed by atoms with Gasteiger partial charge in [0.1, 0.15) is 12.4 Å². The average Bonchev–Trinajstić information content (AvgIpc) is 2.62. The van der Waals surface area contributed by atoms with Gasteiger partial charge in [0.05, 0.1) is 24.7 Å². The van der Waals surface area contributed by atoms with Crippen LogP contribution in [0.1, 0.15) is 12.5 Å². The maximum absolute atomic E-state index is 10.7. The standard InChI is InChI=1S/C19H21NO5/c1-3-24-19-13-15(10-11-18(19)23-2)7-4-5-12-25-17-9-6-8-16(14-17)20(21)22/h4-6,8-11,13-14H,3,7,12H2,1-2H3. The van der Waals surface area contributed by atoms with E-state index in [-0.39, 0.29) is 5.69 Å². The Balaban J connectivity index is 1.88. The molecule has 0 radical (unpaired) electrons. The number of ether oxygens (including phenoxy) is 3. The van der Waals surface area contributed by atoms with Gasteiger partial charge in [-0.1, -0.05) is 24.3 Å². The highest BCUT2D eigenvalue weighted by atomic mass is 16.6. The summed E-state index contributed by atoms with van der Waals surface area (Å²) in [5, 5.41) is 10.7. The molecule has 0 saturated heterocycles. The molecule has 6 heteroatoms. The molecule has 0 fully saturated rings. The number of non-ortho nitro benzene ring substituents is 1. The molecule has 0 aliphatic rings. The molecule has 0 saturated carbocycles. The molecule has 2 aromatic carbocycles. The van der Waals surface area contributed by atoms with E-state index in [2.05, 4.69) is 0 Å². The first kappa shape index (κ1) is 18.3. The summed E-state index contributed by atoms with van der Waals surface area (Å²) < 4.78 is 16.3. The summed E-state index contributed by atoms with van der Waals surface area (Å²) in [6.45, 7) is 2.85. The summed E-state index contributed by atoms with van der Waals surface area (Å²) in [7, 11) is 1.61. The summed E-state index contributed by atoms with van der Waals surface area (Å²) in [5.74, 6) is 1.91. The molecule has 6 nitrogen and oxygen atoms in total. The Morgan fingerprint density at radius 1 is 1.08 bits per heavy atom. The minimum atomic E-state index is -0.442. The van der Waals surface area contributed by atoms with Crippen LogP contribution < -0.4 is 14.2 Å². The Labute approximate surface area is 146 Å². The molecule has 0 amide bonds. The van der Waals surface area contributed by atoms with E-state index >= 15 is 0 Å². The van der Waals surface area contributed by atoms with Gasteiger partial charge in [0.2, 0.25) is 0 Å². The molecule has 0 aliphatic carbocycles. The zero-order valence-corrected chi connectivity index (χ0v) is 14.3. The van der Waals surface area contributed by atoms with Crippen molar-refractivity contribution in [1.82, 2.24) is 0 Å². The Morgan fingerprint density at radius 3 is 2.64 bits per heavy atom. The van der Waals surface area contributed by atoms with Crippen LogP contribution >= 0.6 is 0 Å². The predicted molar refractivity (Wildman–Crippen MR) is 95.6 cm³/mol. The van der Waals surface area contributed by atoms with Gasteiger partial charge in [-0.05, 0) is 37.1 Å². The zero-order valence-electron chi connectivity index (χ0n) is 14.3. The highest BCUT2D eigenvalue weighted by molar-refractivity contribution is 5.43.